The number of ether oxygens (including phenoxy) is 1. The number of nitrogens with one attached hydrogen (secondary N) is 1. The molecule has 1 fully saturated rings. The molecule has 0 aliphatic carbocycles. The average molecular weight is 356 g/mol. The summed E-state index contributed by atoms with van der Waals surface area (Å²) >= 11 is 0. The predicted octanol–water partition coefficient (Wildman–Crippen LogP) is 3.87. The summed E-state index contributed by atoms with van der Waals surface area (Å²) < 4.78 is 18.2. The molecule has 2 aromatic carbocycles. The van der Waals surface area contributed by atoms with Gasteiger partial charge >= 0.3 is 0 Å². The van der Waals surface area contributed by atoms with E-state index >= 15 is 0 Å². The van der Waals surface area contributed by atoms with E-state index in [9.17, 15) is 9.18 Å². The summed E-state index contributed by atoms with van der Waals surface area (Å²) in [6.45, 7) is 1.49. The Morgan fingerprint density at radius 2 is 2.08 bits per heavy atom. The van der Waals surface area contributed by atoms with Crippen LogP contribution in [0.4, 0.5) is 10.1 Å². The molecule has 1 amide bonds. The van der Waals surface area contributed by atoms with Crippen LogP contribution in [0.2, 0.25) is 0 Å². The number of nitrogens with zero attached hydrogens (tertiary/aromatic N) is 1. The van der Waals surface area contributed by atoms with Crippen molar-refractivity contribution in [3.63, 3.8) is 0 Å². The van der Waals surface area contributed by atoms with Gasteiger partial charge in [0.05, 0.1) is 7.11 Å². The second kappa shape index (κ2) is 8.70. The quantitative estimate of drug-likeness (QED) is 0.854. The molecule has 1 atom stereocenters. The van der Waals surface area contributed by atoms with Crippen molar-refractivity contribution >= 4 is 11.6 Å². The Morgan fingerprint density at radius 3 is 2.85 bits per heavy atom. The summed E-state index contributed by atoms with van der Waals surface area (Å²) in [5.74, 6) is 0.753. The number of hydrogen-bond donors (Lipinski definition) is 1. The molecule has 0 spiro atoms. The van der Waals surface area contributed by atoms with E-state index in [1.165, 1.54) is 12.1 Å². The van der Waals surface area contributed by atoms with Gasteiger partial charge in [0.1, 0.15) is 11.6 Å². The first kappa shape index (κ1) is 18.2. The normalized spacial score (nSPS) is 17.0. The van der Waals surface area contributed by atoms with Gasteiger partial charge in [-0.2, -0.15) is 0 Å². The van der Waals surface area contributed by atoms with Crippen molar-refractivity contribution in [2.75, 3.05) is 25.5 Å². The first-order chi connectivity index (χ1) is 12.6. The van der Waals surface area contributed by atoms with Crippen molar-refractivity contribution in [2.45, 2.75) is 31.7 Å². The number of halogens is 1. The molecule has 26 heavy (non-hydrogen) atoms. The highest BCUT2D eigenvalue weighted by atomic mass is 19.1. The van der Waals surface area contributed by atoms with Crippen LogP contribution in [0.3, 0.4) is 0 Å². The highest BCUT2D eigenvalue weighted by Crippen LogP contribution is 2.19. The second-order valence-corrected chi connectivity index (χ2v) is 6.68. The third-order valence-corrected chi connectivity index (χ3v) is 4.75. The summed E-state index contributed by atoms with van der Waals surface area (Å²) in [6, 6.07) is 14.4. The SMILES string of the molecule is COc1cccc(CCC(=O)N2CCC[C@H](Nc3ccc(F)cc3)C2)c1. The number of methoxy groups -OCH3 is 1. The number of rotatable bonds is 6. The van der Waals surface area contributed by atoms with E-state index in [-0.39, 0.29) is 17.8 Å². The smallest absolute Gasteiger partial charge is 0.222 e. The van der Waals surface area contributed by atoms with Gasteiger partial charge in [-0.25, -0.2) is 4.39 Å². The van der Waals surface area contributed by atoms with E-state index in [0.717, 1.165) is 36.4 Å². The van der Waals surface area contributed by atoms with E-state index in [1.54, 1.807) is 19.2 Å². The van der Waals surface area contributed by atoms with E-state index in [1.807, 2.05) is 29.2 Å². The van der Waals surface area contributed by atoms with Crippen molar-refractivity contribution in [3.8, 4) is 5.75 Å². The summed E-state index contributed by atoms with van der Waals surface area (Å²) in [7, 11) is 1.65. The minimum atomic E-state index is -0.242. The first-order valence-corrected chi connectivity index (χ1v) is 9.07. The first-order valence-electron chi connectivity index (χ1n) is 9.07. The Balaban J connectivity index is 1.51. The third-order valence-electron chi connectivity index (χ3n) is 4.75. The van der Waals surface area contributed by atoms with Crippen molar-refractivity contribution in [1.29, 1.82) is 0 Å². The highest BCUT2D eigenvalue weighted by molar-refractivity contribution is 5.76. The molecule has 1 aliphatic heterocycles. The van der Waals surface area contributed by atoms with Crippen molar-refractivity contribution in [2.24, 2.45) is 0 Å². The number of aryl methyl sites for hydroxylation is 1. The molecule has 1 N–H and O–H groups in total. The van der Waals surface area contributed by atoms with Crippen molar-refractivity contribution < 1.29 is 13.9 Å². The Hall–Kier alpha value is -2.56. The van der Waals surface area contributed by atoms with Crippen LogP contribution in [-0.2, 0) is 11.2 Å². The molecular formula is C21H25FN2O2. The van der Waals surface area contributed by atoms with Crippen LogP contribution in [0.15, 0.2) is 48.5 Å². The molecule has 0 bridgehead atoms. The standard InChI is InChI=1S/C21H25FN2O2/c1-26-20-6-2-4-16(14-20)7-12-21(25)24-13-3-5-19(15-24)23-18-10-8-17(22)9-11-18/h2,4,6,8-11,14,19,23H,3,5,7,12-13,15H2,1H3/t19-/m0/s1. The van der Waals surface area contributed by atoms with Crippen LogP contribution < -0.4 is 10.1 Å². The molecule has 1 heterocycles. The average Bonchev–Trinajstić information content (AvgIpc) is 2.68. The number of anilines is 1. The van der Waals surface area contributed by atoms with Gasteiger partial charge in [-0.3, -0.25) is 4.79 Å². The van der Waals surface area contributed by atoms with Crippen LogP contribution in [0, 0.1) is 5.82 Å². The van der Waals surface area contributed by atoms with Crippen LogP contribution in [-0.4, -0.2) is 37.0 Å². The minimum absolute atomic E-state index is 0.179. The molecule has 0 saturated carbocycles. The lowest BCUT2D eigenvalue weighted by Crippen LogP contribution is -2.45. The van der Waals surface area contributed by atoms with E-state index in [4.69, 9.17) is 4.74 Å². The predicted molar refractivity (Wildman–Crippen MR) is 101 cm³/mol. The zero-order valence-corrected chi connectivity index (χ0v) is 15.1. The fraction of sp³-hybridized carbons (Fsp3) is 0.381. The summed E-state index contributed by atoms with van der Waals surface area (Å²) in [6.07, 6.45) is 3.19. The molecule has 1 saturated heterocycles. The molecule has 3 rings (SSSR count). The summed E-state index contributed by atoms with van der Waals surface area (Å²) in [4.78, 5) is 14.5. The van der Waals surface area contributed by atoms with E-state index in [2.05, 4.69) is 5.32 Å². The fourth-order valence-corrected chi connectivity index (χ4v) is 3.34. The van der Waals surface area contributed by atoms with Gasteiger partial charge in [0.2, 0.25) is 5.91 Å². The monoisotopic (exact) mass is 356 g/mol. The number of piperidine rings is 1. The highest BCUT2D eigenvalue weighted by Gasteiger charge is 2.23. The molecule has 0 radical (unpaired) electrons. The zero-order valence-electron chi connectivity index (χ0n) is 15.1. The maximum absolute atomic E-state index is 13.0. The molecule has 0 unspecified atom stereocenters. The number of benzene rings is 2. The van der Waals surface area contributed by atoms with Gasteiger partial charge in [0.15, 0.2) is 0 Å². The maximum Gasteiger partial charge on any atom is 0.222 e. The largest absolute Gasteiger partial charge is 0.497 e. The number of carbonyl (C=O) groups is 1. The lowest BCUT2D eigenvalue weighted by Gasteiger charge is -2.34. The Labute approximate surface area is 154 Å². The number of likely N-dealkylation sites (tertiary alicyclic amines) is 1. The molecule has 2 aromatic rings. The van der Waals surface area contributed by atoms with Gasteiger partial charge in [-0.05, 0) is 61.2 Å². The summed E-state index contributed by atoms with van der Waals surface area (Å²) in [5.41, 5.74) is 2.00. The van der Waals surface area contributed by atoms with Crippen molar-refractivity contribution in [1.82, 2.24) is 4.90 Å². The van der Waals surface area contributed by atoms with Gasteiger partial charge in [-0.1, -0.05) is 12.1 Å². The van der Waals surface area contributed by atoms with Crippen LogP contribution in [0.1, 0.15) is 24.8 Å². The van der Waals surface area contributed by atoms with Gasteiger partial charge < -0.3 is 15.0 Å². The Bertz CT molecular complexity index is 733. The van der Waals surface area contributed by atoms with Crippen LogP contribution in [0.5, 0.6) is 5.75 Å². The van der Waals surface area contributed by atoms with E-state index in [0.29, 0.717) is 19.4 Å². The van der Waals surface area contributed by atoms with Crippen LogP contribution >= 0.6 is 0 Å². The van der Waals surface area contributed by atoms with Gasteiger partial charge in [0, 0.05) is 31.2 Å². The third kappa shape index (κ3) is 4.97. The second-order valence-electron chi connectivity index (χ2n) is 6.68. The zero-order chi connectivity index (χ0) is 18.4. The number of hydrogen-bond acceptors (Lipinski definition) is 3. The number of carbonyl (C=O) groups excluding carboxylic acids is 1. The van der Waals surface area contributed by atoms with Crippen LogP contribution in [0.25, 0.3) is 0 Å². The Kier molecular flexibility index (Phi) is 6.10. The fourth-order valence-electron chi connectivity index (χ4n) is 3.34. The maximum atomic E-state index is 13.0. The van der Waals surface area contributed by atoms with E-state index < -0.39 is 0 Å². The molecule has 0 aromatic heterocycles. The molecule has 5 heteroatoms. The van der Waals surface area contributed by atoms with Gasteiger partial charge in [0.25, 0.3) is 0 Å². The summed E-state index contributed by atoms with van der Waals surface area (Å²) in [5, 5.41) is 3.40. The van der Waals surface area contributed by atoms with Gasteiger partial charge in [-0.15, -0.1) is 0 Å². The topological polar surface area (TPSA) is 41.6 Å². The Morgan fingerprint density at radius 1 is 1.27 bits per heavy atom. The lowest BCUT2D eigenvalue weighted by molar-refractivity contribution is -0.132. The van der Waals surface area contributed by atoms with Crippen molar-refractivity contribution in [3.05, 3.63) is 59.9 Å². The molecule has 138 valence electrons. The molecule has 4 nitrogen and oxygen atoms in total. The number of amides is 1. The lowest BCUT2D eigenvalue weighted by atomic mass is 10.0. The minimum Gasteiger partial charge on any atom is -0.497 e. The molecule has 1 aliphatic rings. The molecular weight excluding hydrogens is 331 g/mol.